The van der Waals surface area contributed by atoms with Gasteiger partial charge in [0.2, 0.25) is 0 Å². The van der Waals surface area contributed by atoms with Gasteiger partial charge in [-0.25, -0.2) is 4.39 Å². The molecule has 2 aliphatic rings. The molecule has 0 radical (unpaired) electrons. The van der Waals surface area contributed by atoms with E-state index in [1.54, 1.807) is 26.4 Å². The molecule has 1 amide bonds. The van der Waals surface area contributed by atoms with Crippen molar-refractivity contribution in [1.82, 2.24) is 5.32 Å². The lowest BCUT2D eigenvalue weighted by molar-refractivity contribution is -0.116. The summed E-state index contributed by atoms with van der Waals surface area (Å²) in [5, 5.41) is 6.12. The van der Waals surface area contributed by atoms with Crippen LogP contribution in [0.25, 0.3) is 0 Å². The summed E-state index contributed by atoms with van der Waals surface area (Å²) in [7, 11) is 3.11. The summed E-state index contributed by atoms with van der Waals surface area (Å²) in [5.41, 5.74) is 3.70. The van der Waals surface area contributed by atoms with Gasteiger partial charge in [0, 0.05) is 46.3 Å². The van der Waals surface area contributed by atoms with Crippen molar-refractivity contribution >= 4 is 17.4 Å². The lowest BCUT2D eigenvalue weighted by Crippen LogP contribution is -2.35. The van der Waals surface area contributed by atoms with E-state index in [0.717, 1.165) is 18.5 Å². The molecule has 0 spiro atoms. The summed E-state index contributed by atoms with van der Waals surface area (Å²) >= 11 is 0. The molecule has 1 aliphatic carbocycles. The molecular formula is C25H25FN2O4. The van der Waals surface area contributed by atoms with Gasteiger partial charge in [-0.05, 0) is 50.1 Å². The van der Waals surface area contributed by atoms with Crippen molar-refractivity contribution in [3.05, 3.63) is 76.4 Å². The van der Waals surface area contributed by atoms with Crippen LogP contribution in [0.1, 0.15) is 37.7 Å². The van der Waals surface area contributed by atoms with Gasteiger partial charge in [-0.3, -0.25) is 9.59 Å². The predicted molar refractivity (Wildman–Crippen MR) is 119 cm³/mol. The quantitative estimate of drug-likeness (QED) is 0.724. The Bertz CT molecular complexity index is 1140. The minimum Gasteiger partial charge on any atom is -0.497 e. The fourth-order valence-electron chi connectivity index (χ4n) is 4.38. The first-order valence-corrected chi connectivity index (χ1v) is 10.5. The molecule has 32 heavy (non-hydrogen) atoms. The van der Waals surface area contributed by atoms with Gasteiger partial charge >= 0.3 is 0 Å². The summed E-state index contributed by atoms with van der Waals surface area (Å²) in [5.74, 6) is -0.194. The predicted octanol–water partition coefficient (Wildman–Crippen LogP) is 4.45. The number of halogens is 1. The van der Waals surface area contributed by atoms with Crippen LogP contribution in [0.3, 0.4) is 0 Å². The summed E-state index contributed by atoms with van der Waals surface area (Å²) in [4.78, 5) is 26.5. The van der Waals surface area contributed by atoms with Crippen molar-refractivity contribution in [3.63, 3.8) is 0 Å². The Morgan fingerprint density at radius 3 is 2.53 bits per heavy atom. The number of benzene rings is 2. The number of ether oxygens (including phenoxy) is 2. The zero-order valence-corrected chi connectivity index (χ0v) is 18.3. The fourth-order valence-corrected chi connectivity index (χ4v) is 4.38. The number of ketones is 1. The first kappa shape index (κ1) is 21.6. The molecule has 6 nitrogen and oxygen atoms in total. The summed E-state index contributed by atoms with van der Waals surface area (Å²) in [6.07, 6.45) is 1.93. The van der Waals surface area contributed by atoms with Crippen molar-refractivity contribution in [1.29, 1.82) is 0 Å². The molecule has 0 saturated carbocycles. The van der Waals surface area contributed by atoms with Crippen LogP contribution in [-0.2, 0) is 9.59 Å². The zero-order valence-electron chi connectivity index (χ0n) is 18.3. The first-order valence-electron chi connectivity index (χ1n) is 10.5. The van der Waals surface area contributed by atoms with E-state index < -0.39 is 5.92 Å². The topological polar surface area (TPSA) is 76.7 Å². The van der Waals surface area contributed by atoms with Crippen molar-refractivity contribution < 1.29 is 23.5 Å². The number of hydrogen-bond acceptors (Lipinski definition) is 5. The molecule has 166 valence electrons. The van der Waals surface area contributed by atoms with Gasteiger partial charge in [0.25, 0.3) is 5.91 Å². The van der Waals surface area contributed by atoms with Crippen LogP contribution in [0.15, 0.2) is 65.0 Å². The average Bonchev–Trinajstić information content (AvgIpc) is 2.79. The molecule has 2 N–H and O–H groups in total. The lowest BCUT2D eigenvalue weighted by atomic mass is 9.74. The van der Waals surface area contributed by atoms with Gasteiger partial charge in [0.15, 0.2) is 5.78 Å². The molecule has 4 rings (SSSR count). The molecule has 2 aromatic rings. The number of Topliss-reactive ketones (excluding diaryl/α,β-unsaturated/α-hetero) is 1. The second-order valence-electron chi connectivity index (χ2n) is 7.83. The number of nitrogens with one attached hydrogen (secondary N) is 2. The minimum absolute atomic E-state index is 0.0150. The molecule has 0 bridgehead atoms. The van der Waals surface area contributed by atoms with Gasteiger partial charge in [-0.1, -0.05) is 6.07 Å². The highest BCUT2D eigenvalue weighted by Crippen LogP contribution is 2.45. The standard InChI is InChI=1S/C25H25FN2O4/c1-14-22(25(30)28-16-9-7-15(26)8-10-16)23(24-19(27-14)5-4-6-20(24)29)18-12-11-17(31-2)13-21(18)32-3/h7-13,23,27H,4-6H2,1-3H3,(H,28,30)/t23-/m0/s1. The minimum atomic E-state index is -0.597. The van der Waals surface area contributed by atoms with Gasteiger partial charge in [-0.2, -0.15) is 0 Å². The highest BCUT2D eigenvalue weighted by Gasteiger charge is 2.39. The van der Waals surface area contributed by atoms with Crippen LogP contribution in [0.2, 0.25) is 0 Å². The molecule has 1 atom stereocenters. The van der Waals surface area contributed by atoms with E-state index >= 15 is 0 Å². The van der Waals surface area contributed by atoms with E-state index in [1.165, 1.54) is 24.3 Å². The maximum Gasteiger partial charge on any atom is 0.254 e. The number of rotatable bonds is 5. The highest BCUT2D eigenvalue weighted by molar-refractivity contribution is 6.09. The van der Waals surface area contributed by atoms with Gasteiger partial charge in [0.05, 0.1) is 20.1 Å². The van der Waals surface area contributed by atoms with Crippen LogP contribution < -0.4 is 20.1 Å². The van der Waals surface area contributed by atoms with Gasteiger partial charge in [0.1, 0.15) is 17.3 Å². The number of carbonyl (C=O) groups is 2. The monoisotopic (exact) mass is 436 g/mol. The number of amides is 1. The SMILES string of the molecule is COc1ccc([C@H]2C(C(=O)Nc3ccc(F)cc3)=C(C)NC3=C2C(=O)CCC3)c(OC)c1. The molecule has 0 aromatic heterocycles. The number of hydrogen-bond donors (Lipinski definition) is 2. The third kappa shape index (κ3) is 3.98. The Kier molecular flexibility index (Phi) is 5.99. The Labute approximate surface area is 186 Å². The number of anilines is 1. The molecule has 7 heteroatoms. The summed E-state index contributed by atoms with van der Waals surface area (Å²) < 4.78 is 24.2. The zero-order chi connectivity index (χ0) is 22.8. The summed E-state index contributed by atoms with van der Waals surface area (Å²) in [6.45, 7) is 1.82. The fraction of sp³-hybridized carbons (Fsp3) is 0.280. The number of dihydropyridines is 1. The number of methoxy groups -OCH3 is 2. The Morgan fingerprint density at radius 1 is 1.09 bits per heavy atom. The Morgan fingerprint density at radius 2 is 1.84 bits per heavy atom. The molecule has 0 saturated heterocycles. The normalized spacial score (nSPS) is 18.1. The van der Waals surface area contributed by atoms with Gasteiger partial charge in [-0.15, -0.1) is 0 Å². The molecule has 1 aliphatic heterocycles. The van der Waals surface area contributed by atoms with E-state index in [4.69, 9.17) is 9.47 Å². The van der Waals surface area contributed by atoms with Crippen LogP contribution in [0, 0.1) is 5.82 Å². The van der Waals surface area contributed by atoms with Crippen molar-refractivity contribution in [2.45, 2.75) is 32.1 Å². The van der Waals surface area contributed by atoms with E-state index in [1.807, 2.05) is 13.0 Å². The van der Waals surface area contributed by atoms with Gasteiger partial charge < -0.3 is 20.1 Å². The second kappa shape index (κ2) is 8.86. The van der Waals surface area contributed by atoms with E-state index in [0.29, 0.717) is 46.0 Å². The maximum atomic E-state index is 13.4. The van der Waals surface area contributed by atoms with Crippen molar-refractivity contribution in [3.8, 4) is 11.5 Å². The number of carbonyl (C=O) groups excluding carboxylic acids is 2. The molecule has 0 unspecified atom stereocenters. The lowest BCUT2D eigenvalue weighted by Gasteiger charge is -2.35. The molecule has 0 fully saturated rings. The van der Waals surface area contributed by atoms with Crippen LogP contribution in [-0.4, -0.2) is 25.9 Å². The van der Waals surface area contributed by atoms with Crippen LogP contribution >= 0.6 is 0 Å². The third-order valence-electron chi connectivity index (χ3n) is 5.87. The number of allylic oxidation sites excluding steroid dienone is 3. The van der Waals surface area contributed by atoms with E-state index in [2.05, 4.69) is 10.6 Å². The smallest absolute Gasteiger partial charge is 0.254 e. The first-order chi connectivity index (χ1) is 15.4. The van der Waals surface area contributed by atoms with Crippen molar-refractivity contribution in [2.24, 2.45) is 0 Å². The van der Waals surface area contributed by atoms with Crippen LogP contribution in [0.5, 0.6) is 11.5 Å². The molecule has 2 aromatic carbocycles. The third-order valence-corrected chi connectivity index (χ3v) is 5.87. The molecular weight excluding hydrogens is 411 g/mol. The highest BCUT2D eigenvalue weighted by atomic mass is 19.1. The van der Waals surface area contributed by atoms with Crippen molar-refractivity contribution in [2.75, 3.05) is 19.5 Å². The van der Waals surface area contributed by atoms with E-state index in [-0.39, 0.29) is 17.5 Å². The maximum absolute atomic E-state index is 13.4. The second-order valence-corrected chi connectivity index (χ2v) is 7.83. The van der Waals surface area contributed by atoms with E-state index in [9.17, 15) is 14.0 Å². The Balaban J connectivity index is 1.83. The largest absolute Gasteiger partial charge is 0.497 e. The average molecular weight is 436 g/mol. The molecule has 1 heterocycles. The summed E-state index contributed by atoms with van der Waals surface area (Å²) in [6, 6.07) is 10.9. The Hall–Kier alpha value is -3.61. The van der Waals surface area contributed by atoms with Crippen LogP contribution in [0.4, 0.5) is 10.1 Å².